The standard InChI is InChI=1S/C18H20N2O2.C2HF3O2/c1-22-17-9-11-20(18(21)15-8-5-10-19-13-15)16(17)12-14-6-3-2-4-7-14;3-2(4,5)1(6)7/h2-8,10,13,16-17H,9,11-12H2,1H3;(H,6,7)/t16-,17+;/m0./s1. The number of hydrogen-bond acceptors (Lipinski definition) is 4. The SMILES string of the molecule is CO[C@@H]1CCN(C(=O)c2cccnc2)[C@H]1Cc1ccccc1.O=C(O)C(F)(F)F. The molecule has 156 valence electrons. The van der Waals surface area contributed by atoms with Crippen LogP contribution in [0.3, 0.4) is 0 Å². The van der Waals surface area contributed by atoms with Crippen LogP contribution in [-0.2, 0) is 16.0 Å². The van der Waals surface area contributed by atoms with Gasteiger partial charge in [0.15, 0.2) is 0 Å². The molecule has 2 atom stereocenters. The molecule has 0 unspecified atom stereocenters. The van der Waals surface area contributed by atoms with Gasteiger partial charge in [-0.15, -0.1) is 0 Å². The number of carboxylic acid groups (broad SMARTS) is 1. The Morgan fingerprint density at radius 1 is 1.21 bits per heavy atom. The second-order valence-electron chi connectivity index (χ2n) is 6.36. The first-order valence-corrected chi connectivity index (χ1v) is 8.82. The van der Waals surface area contributed by atoms with Crippen LogP contribution in [0.4, 0.5) is 13.2 Å². The number of nitrogens with zero attached hydrogens (tertiary/aromatic N) is 2. The van der Waals surface area contributed by atoms with Gasteiger partial charge in [0.05, 0.1) is 17.7 Å². The topological polar surface area (TPSA) is 79.7 Å². The molecule has 1 amide bonds. The third-order valence-electron chi connectivity index (χ3n) is 4.49. The van der Waals surface area contributed by atoms with Crippen LogP contribution in [0.2, 0.25) is 0 Å². The van der Waals surface area contributed by atoms with Crippen molar-refractivity contribution < 1.29 is 32.6 Å². The lowest BCUT2D eigenvalue weighted by Crippen LogP contribution is -2.41. The van der Waals surface area contributed by atoms with E-state index in [0.29, 0.717) is 5.56 Å². The third kappa shape index (κ3) is 6.28. The fourth-order valence-electron chi connectivity index (χ4n) is 3.10. The third-order valence-corrected chi connectivity index (χ3v) is 4.49. The summed E-state index contributed by atoms with van der Waals surface area (Å²) in [5.41, 5.74) is 1.86. The van der Waals surface area contributed by atoms with E-state index in [4.69, 9.17) is 14.6 Å². The van der Waals surface area contributed by atoms with Crippen LogP contribution in [0.25, 0.3) is 0 Å². The molecule has 1 aromatic heterocycles. The summed E-state index contributed by atoms with van der Waals surface area (Å²) >= 11 is 0. The molecule has 1 aromatic carbocycles. The van der Waals surface area contributed by atoms with Crippen LogP contribution >= 0.6 is 0 Å². The van der Waals surface area contributed by atoms with Gasteiger partial charge >= 0.3 is 12.1 Å². The number of aromatic nitrogens is 1. The molecular formula is C20H21F3N2O4. The van der Waals surface area contributed by atoms with E-state index in [2.05, 4.69) is 17.1 Å². The van der Waals surface area contributed by atoms with Crippen molar-refractivity contribution in [1.82, 2.24) is 9.88 Å². The van der Waals surface area contributed by atoms with E-state index in [1.807, 2.05) is 29.2 Å². The highest BCUT2D eigenvalue weighted by atomic mass is 19.4. The minimum atomic E-state index is -5.08. The molecule has 0 radical (unpaired) electrons. The molecule has 1 fully saturated rings. The monoisotopic (exact) mass is 410 g/mol. The lowest BCUT2D eigenvalue weighted by Gasteiger charge is -2.28. The Morgan fingerprint density at radius 2 is 1.86 bits per heavy atom. The number of rotatable bonds is 4. The Bertz CT molecular complexity index is 800. The highest BCUT2D eigenvalue weighted by molar-refractivity contribution is 5.94. The average molecular weight is 410 g/mol. The number of hydrogen-bond donors (Lipinski definition) is 1. The number of halogens is 3. The maximum atomic E-state index is 12.7. The minimum absolute atomic E-state index is 0.0357. The van der Waals surface area contributed by atoms with Crippen molar-refractivity contribution in [1.29, 1.82) is 0 Å². The van der Waals surface area contributed by atoms with E-state index >= 15 is 0 Å². The Balaban J connectivity index is 0.000000370. The number of alkyl halides is 3. The number of aliphatic carboxylic acids is 1. The van der Waals surface area contributed by atoms with Gasteiger partial charge in [0.1, 0.15) is 0 Å². The van der Waals surface area contributed by atoms with E-state index in [1.54, 1.807) is 25.6 Å². The smallest absolute Gasteiger partial charge is 0.475 e. The molecule has 2 heterocycles. The summed E-state index contributed by atoms with van der Waals surface area (Å²) in [5, 5.41) is 7.12. The average Bonchev–Trinajstić information content (AvgIpc) is 3.11. The Morgan fingerprint density at radius 3 is 2.38 bits per heavy atom. The molecule has 1 aliphatic heterocycles. The Kier molecular flexibility index (Phi) is 7.72. The zero-order valence-electron chi connectivity index (χ0n) is 15.7. The van der Waals surface area contributed by atoms with Crippen LogP contribution in [0.15, 0.2) is 54.9 Å². The van der Waals surface area contributed by atoms with Crippen LogP contribution in [0.1, 0.15) is 22.3 Å². The number of pyridine rings is 1. The van der Waals surface area contributed by atoms with Crippen LogP contribution in [0, 0.1) is 0 Å². The van der Waals surface area contributed by atoms with Crippen molar-refractivity contribution in [3.8, 4) is 0 Å². The normalized spacial score (nSPS) is 18.7. The molecule has 6 nitrogen and oxygen atoms in total. The summed E-state index contributed by atoms with van der Waals surface area (Å²) in [5.74, 6) is -2.72. The maximum Gasteiger partial charge on any atom is 0.490 e. The van der Waals surface area contributed by atoms with Gasteiger partial charge in [-0.25, -0.2) is 4.79 Å². The number of carboxylic acids is 1. The zero-order chi connectivity index (χ0) is 21.4. The van der Waals surface area contributed by atoms with Gasteiger partial charge in [0, 0.05) is 26.0 Å². The first-order chi connectivity index (χ1) is 13.7. The molecule has 0 saturated carbocycles. The quantitative estimate of drug-likeness (QED) is 0.838. The first-order valence-electron chi connectivity index (χ1n) is 8.82. The zero-order valence-corrected chi connectivity index (χ0v) is 15.7. The van der Waals surface area contributed by atoms with Gasteiger partial charge in [0.25, 0.3) is 5.91 Å². The van der Waals surface area contributed by atoms with Crippen LogP contribution in [0.5, 0.6) is 0 Å². The van der Waals surface area contributed by atoms with Gasteiger partial charge in [-0.05, 0) is 30.5 Å². The lowest BCUT2D eigenvalue weighted by atomic mass is 10.0. The molecule has 1 saturated heterocycles. The molecule has 1 aliphatic rings. The molecule has 1 N–H and O–H groups in total. The number of likely N-dealkylation sites (tertiary alicyclic amines) is 1. The fraction of sp³-hybridized carbons (Fsp3) is 0.350. The van der Waals surface area contributed by atoms with Crippen molar-refractivity contribution in [3.63, 3.8) is 0 Å². The number of ether oxygens (including phenoxy) is 1. The van der Waals surface area contributed by atoms with E-state index in [9.17, 15) is 18.0 Å². The molecule has 3 rings (SSSR count). The second kappa shape index (κ2) is 10.0. The first kappa shape index (κ1) is 22.4. The second-order valence-corrected chi connectivity index (χ2v) is 6.36. The number of methoxy groups -OCH3 is 1. The number of carbonyl (C=O) groups excluding carboxylic acids is 1. The summed E-state index contributed by atoms with van der Waals surface area (Å²) in [6, 6.07) is 13.9. The van der Waals surface area contributed by atoms with E-state index in [0.717, 1.165) is 19.4 Å². The number of carbonyl (C=O) groups is 2. The van der Waals surface area contributed by atoms with Crippen LogP contribution < -0.4 is 0 Å². The summed E-state index contributed by atoms with van der Waals surface area (Å²) < 4.78 is 37.3. The van der Waals surface area contributed by atoms with E-state index < -0.39 is 12.1 Å². The molecule has 0 spiro atoms. The maximum absolute atomic E-state index is 12.7. The van der Waals surface area contributed by atoms with Gasteiger partial charge in [0.2, 0.25) is 0 Å². The predicted octanol–water partition coefficient (Wildman–Crippen LogP) is 3.19. The highest BCUT2D eigenvalue weighted by Crippen LogP contribution is 2.25. The van der Waals surface area contributed by atoms with Crippen molar-refractivity contribution >= 4 is 11.9 Å². The van der Waals surface area contributed by atoms with Gasteiger partial charge < -0.3 is 14.7 Å². The minimum Gasteiger partial charge on any atom is -0.475 e. The summed E-state index contributed by atoms with van der Waals surface area (Å²) in [7, 11) is 1.72. The van der Waals surface area contributed by atoms with Crippen molar-refractivity contribution in [2.24, 2.45) is 0 Å². The predicted molar refractivity (Wildman–Crippen MR) is 98.3 cm³/mol. The molecule has 2 aromatic rings. The summed E-state index contributed by atoms with van der Waals surface area (Å²) in [6.07, 6.45) is -0.00562. The molecule has 0 aliphatic carbocycles. The van der Waals surface area contributed by atoms with Crippen LogP contribution in [-0.4, -0.2) is 58.8 Å². The van der Waals surface area contributed by atoms with Crippen molar-refractivity contribution in [2.75, 3.05) is 13.7 Å². The van der Waals surface area contributed by atoms with Gasteiger partial charge in [-0.2, -0.15) is 13.2 Å². The van der Waals surface area contributed by atoms with Crippen molar-refractivity contribution in [2.45, 2.75) is 31.2 Å². The summed E-state index contributed by atoms with van der Waals surface area (Å²) in [6.45, 7) is 0.726. The van der Waals surface area contributed by atoms with Crippen molar-refractivity contribution in [3.05, 3.63) is 66.0 Å². The van der Waals surface area contributed by atoms with Gasteiger partial charge in [-0.1, -0.05) is 30.3 Å². The molecule has 9 heteroatoms. The Labute approximate surface area is 165 Å². The lowest BCUT2D eigenvalue weighted by molar-refractivity contribution is -0.192. The molecular weight excluding hydrogens is 389 g/mol. The number of benzene rings is 1. The highest BCUT2D eigenvalue weighted by Gasteiger charge is 2.38. The van der Waals surface area contributed by atoms with E-state index in [1.165, 1.54) is 5.56 Å². The van der Waals surface area contributed by atoms with E-state index in [-0.39, 0.29) is 18.1 Å². The van der Waals surface area contributed by atoms with Gasteiger partial charge in [-0.3, -0.25) is 9.78 Å². The number of amides is 1. The fourth-order valence-corrected chi connectivity index (χ4v) is 3.10. The Hall–Kier alpha value is -2.94. The summed E-state index contributed by atoms with van der Waals surface area (Å²) in [4.78, 5) is 27.6. The largest absolute Gasteiger partial charge is 0.490 e. The molecule has 29 heavy (non-hydrogen) atoms. The molecule has 0 bridgehead atoms.